The van der Waals surface area contributed by atoms with Gasteiger partial charge in [-0.05, 0) is 19.3 Å². The van der Waals surface area contributed by atoms with Gasteiger partial charge >= 0.3 is 0 Å². The molecule has 1 aliphatic rings. The van der Waals surface area contributed by atoms with Crippen LogP contribution in [0.3, 0.4) is 0 Å². The van der Waals surface area contributed by atoms with E-state index in [4.69, 9.17) is 16.9 Å². The van der Waals surface area contributed by atoms with Gasteiger partial charge in [0, 0.05) is 11.8 Å². The first-order valence-corrected chi connectivity index (χ1v) is 4.43. The minimum absolute atomic E-state index is 0.0193. The van der Waals surface area contributed by atoms with Gasteiger partial charge in [0.1, 0.15) is 5.54 Å². The van der Waals surface area contributed by atoms with Crippen molar-refractivity contribution in [3.63, 3.8) is 0 Å². The number of hydrogen-bond donors (Lipinski definition) is 1. The van der Waals surface area contributed by atoms with Crippen LogP contribution in [0.5, 0.6) is 0 Å². The predicted octanol–water partition coefficient (Wildman–Crippen LogP) is 1.18. The van der Waals surface area contributed by atoms with Crippen LogP contribution in [-0.4, -0.2) is 17.3 Å². The van der Waals surface area contributed by atoms with Crippen molar-refractivity contribution in [3.8, 4) is 6.07 Å². The molecule has 2 unspecified atom stereocenters. The zero-order valence-corrected chi connectivity index (χ0v) is 7.47. The van der Waals surface area contributed by atoms with Gasteiger partial charge in [-0.2, -0.15) is 5.26 Å². The summed E-state index contributed by atoms with van der Waals surface area (Å²) < 4.78 is 0. The Labute approximate surface area is 76.7 Å². The Morgan fingerprint density at radius 2 is 2.50 bits per heavy atom. The molecule has 0 saturated heterocycles. The van der Waals surface area contributed by atoms with Crippen LogP contribution >= 0.6 is 11.6 Å². The molecule has 1 saturated carbocycles. The second kappa shape index (κ2) is 3.77. The van der Waals surface area contributed by atoms with E-state index in [9.17, 15) is 4.79 Å². The van der Waals surface area contributed by atoms with Gasteiger partial charge in [-0.3, -0.25) is 4.79 Å². The van der Waals surface area contributed by atoms with Crippen LogP contribution in [0.2, 0.25) is 0 Å². The summed E-state index contributed by atoms with van der Waals surface area (Å²) in [5, 5.41) is 11.4. The minimum atomic E-state index is -0.702. The highest BCUT2D eigenvalue weighted by Crippen LogP contribution is 2.30. The molecular weight excluding hydrogens is 176 g/mol. The number of halogens is 1. The van der Waals surface area contributed by atoms with Crippen molar-refractivity contribution in [1.82, 2.24) is 5.32 Å². The first-order valence-electron chi connectivity index (χ1n) is 3.99. The fraction of sp³-hybridized carbons (Fsp3) is 0.750. The quantitative estimate of drug-likeness (QED) is 0.520. The Hall–Kier alpha value is -0.750. The molecule has 0 aromatic rings. The van der Waals surface area contributed by atoms with Crippen molar-refractivity contribution in [1.29, 1.82) is 5.26 Å². The average Bonchev–Trinajstić information content (AvgIpc) is 2.05. The van der Waals surface area contributed by atoms with Gasteiger partial charge in [-0.15, -0.1) is 11.6 Å². The maximum Gasteiger partial charge on any atom is 0.208 e. The summed E-state index contributed by atoms with van der Waals surface area (Å²) >= 11 is 5.91. The van der Waals surface area contributed by atoms with E-state index in [2.05, 4.69) is 11.4 Å². The highest BCUT2D eigenvalue weighted by Gasteiger charge is 2.35. The molecule has 0 radical (unpaired) electrons. The molecule has 0 heterocycles. The van der Waals surface area contributed by atoms with E-state index >= 15 is 0 Å². The van der Waals surface area contributed by atoms with Crippen molar-refractivity contribution in [2.24, 2.45) is 0 Å². The van der Waals surface area contributed by atoms with Crippen molar-refractivity contribution < 1.29 is 4.79 Å². The summed E-state index contributed by atoms with van der Waals surface area (Å²) in [5.41, 5.74) is -0.702. The van der Waals surface area contributed by atoms with E-state index in [0.717, 1.165) is 12.8 Å². The van der Waals surface area contributed by atoms with Crippen molar-refractivity contribution >= 4 is 18.0 Å². The number of nitrogens with zero attached hydrogens (tertiary/aromatic N) is 1. The summed E-state index contributed by atoms with van der Waals surface area (Å²) in [5.74, 6) is 0. The van der Waals surface area contributed by atoms with Gasteiger partial charge in [0.05, 0.1) is 6.07 Å². The average molecular weight is 187 g/mol. The number of nitrogens with one attached hydrogen (secondary N) is 1. The Morgan fingerprint density at radius 1 is 1.75 bits per heavy atom. The summed E-state index contributed by atoms with van der Waals surface area (Å²) in [4.78, 5) is 10.2. The molecule has 4 heteroatoms. The number of rotatable bonds is 2. The maximum absolute atomic E-state index is 10.2. The SMILES string of the molecule is N#CC1(NC=O)CCCC(Cl)C1. The maximum atomic E-state index is 10.2. The molecular formula is C8H11ClN2O. The molecule has 0 aromatic carbocycles. The lowest BCUT2D eigenvalue weighted by Gasteiger charge is -2.32. The molecule has 1 amide bonds. The molecule has 0 aromatic heterocycles. The molecule has 12 heavy (non-hydrogen) atoms. The molecule has 1 N–H and O–H groups in total. The van der Waals surface area contributed by atoms with Crippen LogP contribution < -0.4 is 5.32 Å². The Morgan fingerprint density at radius 3 is 3.00 bits per heavy atom. The van der Waals surface area contributed by atoms with Crippen molar-refractivity contribution in [2.75, 3.05) is 0 Å². The topological polar surface area (TPSA) is 52.9 Å². The number of alkyl halides is 1. The summed E-state index contributed by atoms with van der Waals surface area (Å²) in [6.07, 6.45) is 3.70. The third-order valence-electron chi connectivity index (χ3n) is 2.24. The van der Waals surface area contributed by atoms with Gasteiger partial charge in [0.25, 0.3) is 0 Å². The molecule has 3 nitrogen and oxygen atoms in total. The van der Waals surface area contributed by atoms with Crippen LogP contribution in [0.1, 0.15) is 25.7 Å². The van der Waals surface area contributed by atoms with E-state index in [-0.39, 0.29) is 5.38 Å². The number of amides is 1. The number of carbonyl (C=O) groups is 1. The van der Waals surface area contributed by atoms with E-state index in [0.29, 0.717) is 19.3 Å². The second-order valence-electron chi connectivity index (χ2n) is 3.15. The lowest BCUT2D eigenvalue weighted by atomic mass is 9.83. The lowest BCUT2D eigenvalue weighted by Crippen LogP contribution is -2.47. The van der Waals surface area contributed by atoms with E-state index in [1.165, 1.54) is 0 Å². The van der Waals surface area contributed by atoms with Gasteiger partial charge in [0.2, 0.25) is 6.41 Å². The zero-order chi connectivity index (χ0) is 9.03. The van der Waals surface area contributed by atoms with Gasteiger partial charge < -0.3 is 5.32 Å². The smallest absolute Gasteiger partial charge is 0.208 e. The predicted molar refractivity (Wildman–Crippen MR) is 45.7 cm³/mol. The molecule has 2 atom stereocenters. The summed E-state index contributed by atoms with van der Waals surface area (Å²) in [6.45, 7) is 0. The summed E-state index contributed by atoms with van der Waals surface area (Å²) in [7, 11) is 0. The lowest BCUT2D eigenvalue weighted by molar-refractivity contribution is -0.111. The molecule has 66 valence electrons. The molecule has 0 spiro atoms. The fourth-order valence-corrected chi connectivity index (χ4v) is 2.00. The van der Waals surface area contributed by atoms with Crippen LogP contribution in [0, 0.1) is 11.3 Å². The van der Waals surface area contributed by atoms with Crippen LogP contribution in [0.15, 0.2) is 0 Å². The van der Waals surface area contributed by atoms with Crippen LogP contribution in [-0.2, 0) is 4.79 Å². The minimum Gasteiger partial charge on any atom is -0.340 e. The van der Waals surface area contributed by atoms with E-state index < -0.39 is 5.54 Å². The molecule has 0 bridgehead atoms. The standard InChI is InChI=1S/C8H11ClN2O/c9-7-2-1-3-8(4-7,5-10)11-6-12/h6-7H,1-4H2,(H,11,12). The monoisotopic (exact) mass is 186 g/mol. The number of carbonyl (C=O) groups excluding carboxylic acids is 1. The zero-order valence-electron chi connectivity index (χ0n) is 6.72. The number of nitriles is 1. The second-order valence-corrected chi connectivity index (χ2v) is 3.77. The first-order chi connectivity index (χ1) is 5.72. The van der Waals surface area contributed by atoms with Gasteiger partial charge in [-0.25, -0.2) is 0 Å². The van der Waals surface area contributed by atoms with Crippen molar-refractivity contribution in [3.05, 3.63) is 0 Å². The first kappa shape index (κ1) is 9.34. The summed E-state index contributed by atoms with van der Waals surface area (Å²) in [6, 6.07) is 2.12. The fourth-order valence-electron chi connectivity index (χ4n) is 1.59. The number of hydrogen-bond acceptors (Lipinski definition) is 2. The van der Waals surface area contributed by atoms with Gasteiger partial charge in [0.15, 0.2) is 0 Å². The Balaban J connectivity index is 2.65. The van der Waals surface area contributed by atoms with Crippen LogP contribution in [0.25, 0.3) is 0 Å². The highest BCUT2D eigenvalue weighted by molar-refractivity contribution is 6.20. The Bertz CT molecular complexity index is 214. The van der Waals surface area contributed by atoms with Crippen molar-refractivity contribution in [2.45, 2.75) is 36.6 Å². The largest absolute Gasteiger partial charge is 0.340 e. The molecule has 1 rings (SSSR count). The molecule has 1 aliphatic carbocycles. The normalized spacial score (nSPS) is 35.2. The van der Waals surface area contributed by atoms with E-state index in [1.54, 1.807) is 0 Å². The van der Waals surface area contributed by atoms with Crippen LogP contribution in [0.4, 0.5) is 0 Å². The molecule has 1 fully saturated rings. The highest BCUT2D eigenvalue weighted by atomic mass is 35.5. The van der Waals surface area contributed by atoms with Gasteiger partial charge in [-0.1, -0.05) is 0 Å². The third kappa shape index (κ3) is 1.89. The Kier molecular flexibility index (Phi) is 2.93. The van der Waals surface area contributed by atoms with E-state index in [1.807, 2.05) is 0 Å². The third-order valence-corrected chi connectivity index (χ3v) is 2.61. The molecule has 0 aliphatic heterocycles.